The van der Waals surface area contributed by atoms with Gasteiger partial charge in [0.25, 0.3) is 0 Å². The fourth-order valence-corrected chi connectivity index (χ4v) is 2.53. The summed E-state index contributed by atoms with van der Waals surface area (Å²) < 4.78 is 7.74. The van der Waals surface area contributed by atoms with Crippen LogP contribution in [0.5, 0.6) is 5.75 Å². The first-order valence-corrected chi connectivity index (χ1v) is 7.67. The molecule has 1 unspecified atom stereocenters. The second-order valence-electron chi connectivity index (χ2n) is 5.69. The molecular weight excluding hydrogens is 262 g/mol. The van der Waals surface area contributed by atoms with Crippen LogP contribution in [0.4, 0.5) is 0 Å². The van der Waals surface area contributed by atoms with Crippen molar-refractivity contribution >= 4 is 0 Å². The zero-order valence-electron chi connectivity index (χ0n) is 13.0. The van der Waals surface area contributed by atoms with Gasteiger partial charge in [-0.15, -0.1) is 0 Å². The summed E-state index contributed by atoms with van der Waals surface area (Å²) >= 11 is 0. The number of aryl methyl sites for hydroxylation is 1. The van der Waals surface area contributed by atoms with Crippen LogP contribution in [0.15, 0.2) is 30.5 Å². The largest absolute Gasteiger partial charge is 0.490 e. The highest BCUT2D eigenvalue weighted by atomic mass is 16.5. The molecule has 0 saturated heterocycles. The van der Waals surface area contributed by atoms with Gasteiger partial charge < -0.3 is 10.1 Å². The Bertz CT molecular complexity index is 599. The fourth-order valence-electron chi connectivity index (χ4n) is 2.53. The molecule has 4 heteroatoms. The topological polar surface area (TPSA) is 39.1 Å². The van der Waals surface area contributed by atoms with Crippen molar-refractivity contribution in [2.75, 3.05) is 6.54 Å². The first-order valence-electron chi connectivity index (χ1n) is 7.67. The smallest absolute Gasteiger partial charge is 0.119 e. The summed E-state index contributed by atoms with van der Waals surface area (Å²) in [6, 6.07) is 8.63. The van der Waals surface area contributed by atoms with Gasteiger partial charge in [-0.3, -0.25) is 4.68 Å². The zero-order valence-corrected chi connectivity index (χ0v) is 13.0. The van der Waals surface area contributed by atoms with E-state index in [1.165, 1.54) is 29.7 Å². The summed E-state index contributed by atoms with van der Waals surface area (Å²) in [6.07, 6.45) is 4.78. The summed E-state index contributed by atoms with van der Waals surface area (Å²) in [4.78, 5) is 0. The van der Waals surface area contributed by atoms with Crippen LogP contribution in [0, 0.1) is 6.92 Å². The number of nitrogens with zero attached hydrogens (tertiary/aromatic N) is 2. The van der Waals surface area contributed by atoms with Gasteiger partial charge in [0.05, 0.1) is 18.3 Å². The molecule has 1 heterocycles. The van der Waals surface area contributed by atoms with E-state index in [4.69, 9.17) is 4.74 Å². The number of ether oxygens (including phenoxy) is 1. The number of rotatable bonds is 6. The molecule has 1 N–H and O–H groups in total. The van der Waals surface area contributed by atoms with E-state index in [9.17, 15) is 0 Å². The fraction of sp³-hybridized carbons (Fsp3) is 0.471. The minimum atomic E-state index is 0.179. The average Bonchev–Trinajstić information content (AvgIpc) is 3.24. The first-order chi connectivity index (χ1) is 10.2. The van der Waals surface area contributed by atoms with Crippen LogP contribution in [0.2, 0.25) is 0 Å². The Morgan fingerprint density at radius 1 is 1.33 bits per heavy atom. The van der Waals surface area contributed by atoms with Crippen LogP contribution in [0.3, 0.4) is 0 Å². The van der Waals surface area contributed by atoms with Gasteiger partial charge in [0.15, 0.2) is 0 Å². The number of benzene rings is 1. The second kappa shape index (κ2) is 5.90. The van der Waals surface area contributed by atoms with E-state index >= 15 is 0 Å². The zero-order chi connectivity index (χ0) is 14.8. The Hall–Kier alpha value is -1.81. The molecule has 112 valence electrons. The van der Waals surface area contributed by atoms with Gasteiger partial charge in [0.2, 0.25) is 0 Å². The van der Waals surface area contributed by atoms with Gasteiger partial charge >= 0.3 is 0 Å². The Morgan fingerprint density at radius 3 is 2.57 bits per heavy atom. The molecule has 1 aromatic carbocycles. The van der Waals surface area contributed by atoms with E-state index in [1.54, 1.807) is 0 Å². The molecule has 1 fully saturated rings. The molecule has 1 saturated carbocycles. The number of hydrogen-bond donors (Lipinski definition) is 1. The standard InChI is InChI=1S/C17H23N3O/c1-4-18-17(16-11-19-20(3)12(16)2)13-5-7-14(8-6-13)21-15-9-10-15/h5-8,11,15,17-18H,4,9-10H2,1-3H3. The lowest BCUT2D eigenvalue weighted by Gasteiger charge is -2.19. The molecule has 3 rings (SSSR count). The molecule has 1 aromatic heterocycles. The van der Waals surface area contributed by atoms with Crippen LogP contribution < -0.4 is 10.1 Å². The van der Waals surface area contributed by atoms with Gasteiger partial charge in [-0.2, -0.15) is 5.10 Å². The number of hydrogen-bond acceptors (Lipinski definition) is 3. The highest BCUT2D eigenvalue weighted by Gasteiger charge is 2.23. The summed E-state index contributed by atoms with van der Waals surface area (Å²) in [5.74, 6) is 0.972. The van der Waals surface area contributed by atoms with Crippen molar-refractivity contribution in [3.05, 3.63) is 47.3 Å². The van der Waals surface area contributed by atoms with Crippen molar-refractivity contribution in [2.45, 2.75) is 38.8 Å². The highest BCUT2D eigenvalue weighted by Crippen LogP contribution is 2.29. The van der Waals surface area contributed by atoms with E-state index < -0.39 is 0 Å². The van der Waals surface area contributed by atoms with Crippen LogP contribution in [-0.2, 0) is 7.05 Å². The second-order valence-corrected chi connectivity index (χ2v) is 5.69. The molecule has 4 nitrogen and oxygen atoms in total. The Morgan fingerprint density at radius 2 is 2.05 bits per heavy atom. The van der Waals surface area contributed by atoms with Crippen molar-refractivity contribution in [2.24, 2.45) is 7.05 Å². The van der Waals surface area contributed by atoms with Gasteiger partial charge in [-0.1, -0.05) is 19.1 Å². The minimum Gasteiger partial charge on any atom is -0.490 e. The highest BCUT2D eigenvalue weighted by molar-refractivity contribution is 5.36. The van der Waals surface area contributed by atoms with E-state index in [0.717, 1.165) is 12.3 Å². The van der Waals surface area contributed by atoms with Crippen molar-refractivity contribution in [3.8, 4) is 5.75 Å². The van der Waals surface area contributed by atoms with E-state index in [0.29, 0.717) is 6.10 Å². The average molecular weight is 285 g/mol. The molecule has 0 amide bonds. The van der Waals surface area contributed by atoms with Crippen LogP contribution in [0.1, 0.15) is 42.6 Å². The lowest BCUT2D eigenvalue weighted by Crippen LogP contribution is -2.22. The predicted octanol–water partition coefficient (Wildman–Crippen LogP) is 2.97. The molecule has 1 aliphatic carbocycles. The third-order valence-corrected chi connectivity index (χ3v) is 4.03. The quantitative estimate of drug-likeness (QED) is 0.887. The van der Waals surface area contributed by atoms with Crippen molar-refractivity contribution in [1.82, 2.24) is 15.1 Å². The summed E-state index contributed by atoms with van der Waals surface area (Å²) in [5, 5.41) is 7.91. The molecular formula is C17H23N3O. The maximum atomic E-state index is 5.82. The maximum absolute atomic E-state index is 5.82. The molecule has 1 atom stereocenters. The molecule has 0 spiro atoms. The van der Waals surface area contributed by atoms with Gasteiger partial charge in [0, 0.05) is 18.3 Å². The van der Waals surface area contributed by atoms with Crippen LogP contribution in [0.25, 0.3) is 0 Å². The van der Waals surface area contributed by atoms with E-state index in [2.05, 4.69) is 48.5 Å². The normalized spacial score (nSPS) is 16.0. The van der Waals surface area contributed by atoms with Crippen LogP contribution in [-0.4, -0.2) is 22.4 Å². The SMILES string of the molecule is CCNC(c1ccc(OC2CC2)cc1)c1cnn(C)c1C. The molecule has 0 aliphatic heterocycles. The van der Waals surface area contributed by atoms with E-state index in [1.807, 2.05) is 17.9 Å². The summed E-state index contributed by atoms with van der Waals surface area (Å²) in [5.41, 5.74) is 3.67. The van der Waals surface area contributed by atoms with Gasteiger partial charge in [0.1, 0.15) is 5.75 Å². The Balaban J connectivity index is 1.84. The number of nitrogens with one attached hydrogen (secondary N) is 1. The minimum absolute atomic E-state index is 0.179. The Labute approximate surface area is 126 Å². The maximum Gasteiger partial charge on any atom is 0.119 e. The first kappa shape index (κ1) is 14.1. The molecule has 0 radical (unpaired) electrons. The van der Waals surface area contributed by atoms with Crippen molar-refractivity contribution in [3.63, 3.8) is 0 Å². The van der Waals surface area contributed by atoms with E-state index in [-0.39, 0.29) is 6.04 Å². The summed E-state index contributed by atoms with van der Waals surface area (Å²) in [7, 11) is 1.98. The van der Waals surface area contributed by atoms with Crippen molar-refractivity contribution < 1.29 is 4.74 Å². The lowest BCUT2D eigenvalue weighted by atomic mass is 9.99. The molecule has 2 aromatic rings. The monoisotopic (exact) mass is 285 g/mol. The molecule has 0 bridgehead atoms. The molecule has 1 aliphatic rings. The lowest BCUT2D eigenvalue weighted by molar-refractivity contribution is 0.303. The predicted molar refractivity (Wildman–Crippen MR) is 83.6 cm³/mol. The van der Waals surface area contributed by atoms with Crippen LogP contribution >= 0.6 is 0 Å². The molecule has 21 heavy (non-hydrogen) atoms. The Kier molecular flexibility index (Phi) is 3.97. The summed E-state index contributed by atoms with van der Waals surface area (Å²) in [6.45, 7) is 5.15. The third kappa shape index (κ3) is 3.10. The van der Waals surface area contributed by atoms with Gasteiger partial charge in [-0.25, -0.2) is 0 Å². The van der Waals surface area contributed by atoms with Crippen molar-refractivity contribution in [1.29, 1.82) is 0 Å². The van der Waals surface area contributed by atoms with Gasteiger partial charge in [-0.05, 0) is 44.0 Å². The third-order valence-electron chi connectivity index (χ3n) is 4.03. The number of aromatic nitrogens is 2.